The van der Waals surface area contributed by atoms with Crippen molar-refractivity contribution in [2.24, 2.45) is 5.92 Å². The van der Waals surface area contributed by atoms with Crippen molar-refractivity contribution in [2.45, 2.75) is 26.8 Å². The van der Waals surface area contributed by atoms with E-state index in [-0.39, 0.29) is 24.5 Å². The van der Waals surface area contributed by atoms with Crippen LogP contribution in [0.3, 0.4) is 0 Å². The molecule has 84 valence electrons. The Morgan fingerprint density at radius 3 is 2.80 bits per heavy atom. The van der Waals surface area contributed by atoms with E-state index in [2.05, 4.69) is 10.5 Å². The van der Waals surface area contributed by atoms with E-state index in [1.807, 2.05) is 13.8 Å². The lowest BCUT2D eigenvalue weighted by molar-refractivity contribution is 0.0915. The summed E-state index contributed by atoms with van der Waals surface area (Å²) in [6.07, 6.45) is 1.39. The number of aliphatic hydroxyl groups excluding tert-OH is 1. The summed E-state index contributed by atoms with van der Waals surface area (Å²) in [5.74, 6) is 0.298. The van der Waals surface area contributed by atoms with E-state index in [0.29, 0.717) is 11.3 Å². The summed E-state index contributed by atoms with van der Waals surface area (Å²) in [6, 6.07) is -0.0863. The normalized spacial score (nSPS) is 14.7. The summed E-state index contributed by atoms with van der Waals surface area (Å²) in [5, 5.41) is 15.2. The molecule has 1 aromatic rings. The van der Waals surface area contributed by atoms with Crippen LogP contribution in [0.1, 0.15) is 30.0 Å². The van der Waals surface area contributed by atoms with Gasteiger partial charge in [-0.2, -0.15) is 0 Å². The van der Waals surface area contributed by atoms with Gasteiger partial charge in [0.1, 0.15) is 11.3 Å². The number of hydrogen-bond acceptors (Lipinski definition) is 4. The van der Waals surface area contributed by atoms with Gasteiger partial charge in [-0.05, 0) is 19.8 Å². The second kappa shape index (κ2) is 4.93. The first-order valence-electron chi connectivity index (χ1n) is 4.89. The predicted octanol–water partition coefficient (Wildman–Crippen LogP) is 0.730. The Morgan fingerprint density at radius 2 is 2.33 bits per heavy atom. The zero-order chi connectivity index (χ0) is 11.4. The lowest BCUT2D eigenvalue weighted by Gasteiger charge is -2.18. The second-order valence-electron chi connectivity index (χ2n) is 3.72. The van der Waals surface area contributed by atoms with E-state index in [1.54, 1.807) is 6.92 Å². The Hall–Kier alpha value is -1.36. The second-order valence-corrected chi connectivity index (χ2v) is 3.72. The van der Waals surface area contributed by atoms with E-state index in [0.717, 1.165) is 0 Å². The van der Waals surface area contributed by atoms with Gasteiger partial charge in [-0.15, -0.1) is 0 Å². The molecule has 1 aromatic heterocycles. The van der Waals surface area contributed by atoms with Crippen molar-refractivity contribution in [1.29, 1.82) is 0 Å². The number of amides is 1. The third-order valence-corrected chi connectivity index (χ3v) is 2.50. The van der Waals surface area contributed by atoms with Crippen molar-refractivity contribution in [3.8, 4) is 0 Å². The summed E-state index contributed by atoms with van der Waals surface area (Å²) in [5.41, 5.74) is 0.437. The summed E-state index contributed by atoms with van der Waals surface area (Å²) in [4.78, 5) is 11.7. The van der Waals surface area contributed by atoms with Gasteiger partial charge >= 0.3 is 0 Å². The topological polar surface area (TPSA) is 75.4 Å². The van der Waals surface area contributed by atoms with Crippen molar-refractivity contribution in [3.63, 3.8) is 0 Å². The number of hydrogen-bond donors (Lipinski definition) is 2. The molecule has 0 aliphatic heterocycles. The molecule has 1 heterocycles. The molecule has 0 radical (unpaired) electrons. The Kier molecular flexibility index (Phi) is 3.85. The van der Waals surface area contributed by atoms with Crippen molar-refractivity contribution in [1.82, 2.24) is 10.5 Å². The largest absolute Gasteiger partial charge is 0.396 e. The highest BCUT2D eigenvalue weighted by Gasteiger charge is 2.18. The van der Waals surface area contributed by atoms with Gasteiger partial charge in [0.2, 0.25) is 0 Å². The minimum absolute atomic E-state index is 0.0223. The lowest BCUT2D eigenvalue weighted by atomic mass is 10.0. The maximum absolute atomic E-state index is 11.7. The Labute approximate surface area is 88.5 Å². The first-order chi connectivity index (χ1) is 7.06. The highest BCUT2D eigenvalue weighted by Crippen LogP contribution is 2.07. The highest BCUT2D eigenvalue weighted by atomic mass is 16.5. The van der Waals surface area contributed by atoms with Crippen molar-refractivity contribution < 1.29 is 14.4 Å². The zero-order valence-corrected chi connectivity index (χ0v) is 9.15. The number of rotatable bonds is 4. The van der Waals surface area contributed by atoms with Crippen LogP contribution in [0.2, 0.25) is 0 Å². The van der Waals surface area contributed by atoms with E-state index in [1.165, 1.54) is 6.20 Å². The van der Waals surface area contributed by atoms with Gasteiger partial charge in [0.15, 0.2) is 0 Å². The fourth-order valence-electron chi connectivity index (χ4n) is 1.10. The summed E-state index contributed by atoms with van der Waals surface area (Å²) in [7, 11) is 0. The lowest BCUT2D eigenvalue weighted by Crippen LogP contribution is -2.38. The van der Waals surface area contributed by atoms with Crippen molar-refractivity contribution in [3.05, 3.63) is 17.5 Å². The number of nitrogens with one attached hydrogen (secondary N) is 1. The van der Waals surface area contributed by atoms with Crippen LogP contribution >= 0.6 is 0 Å². The molecule has 2 N–H and O–H groups in total. The van der Waals surface area contributed by atoms with Gasteiger partial charge < -0.3 is 14.9 Å². The van der Waals surface area contributed by atoms with Crippen LogP contribution < -0.4 is 5.32 Å². The van der Waals surface area contributed by atoms with Crippen LogP contribution in [0.15, 0.2) is 10.7 Å². The third-order valence-electron chi connectivity index (χ3n) is 2.50. The van der Waals surface area contributed by atoms with E-state index in [4.69, 9.17) is 9.63 Å². The van der Waals surface area contributed by atoms with Crippen LogP contribution in [0, 0.1) is 12.8 Å². The van der Waals surface area contributed by atoms with Crippen LogP contribution in [-0.2, 0) is 0 Å². The summed E-state index contributed by atoms with van der Waals surface area (Å²) in [6.45, 7) is 5.44. The standard InChI is InChI=1S/C10H16N2O3/c1-6(5-13)7(2)12-10(14)9-4-11-15-8(9)3/h4,6-7,13H,5H2,1-3H3,(H,12,14). The molecule has 1 rings (SSSR count). The van der Waals surface area contributed by atoms with Crippen LogP contribution in [0.25, 0.3) is 0 Å². The molecule has 0 saturated carbocycles. The number of aromatic nitrogens is 1. The zero-order valence-electron chi connectivity index (χ0n) is 9.15. The fourth-order valence-corrected chi connectivity index (χ4v) is 1.10. The van der Waals surface area contributed by atoms with Gasteiger partial charge in [0, 0.05) is 12.6 Å². The molecule has 5 nitrogen and oxygen atoms in total. The van der Waals surface area contributed by atoms with Gasteiger partial charge in [0.25, 0.3) is 5.91 Å². The molecule has 0 spiro atoms. The van der Waals surface area contributed by atoms with Gasteiger partial charge in [0.05, 0.1) is 6.20 Å². The third kappa shape index (κ3) is 2.79. The van der Waals surface area contributed by atoms with Crippen LogP contribution in [0.4, 0.5) is 0 Å². The minimum atomic E-state index is -0.221. The smallest absolute Gasteiger partial charge is 0.256 e. The van der Waals surface area contributed by atoms with E-state index >= 15 is 0 Å². The average molecular weight is 212 g/mol. The van der Waals surface area contributed by atoms with E-state index < -0.39 is 0 Å². The van der Waals surface area contributed by atoms with Crippen molar-refractivity contribution >= 4 is 5.91 Å². The Bertz CT molecular complexity index is 335. The Morgan fingerprint density at radius 1 is 1.67 bits per heavy atom. The average Bonchev–Trinajstić information content (AvgIpc) is 2.63. The molecule has 5 heteroatoms. The first-order valence-corrected chi connectivity index (χ1v) is 4.89. The van der Waals surface area contributed by atoms with Crippen LogP contribution in [-0.4, -0.2) is 28.8 Å². The minimum Gasteiger partial charge on any atom is -0.396 e. The maximum Gasteiger partial charge on any atom is 0.256 e. The molecule has 0 aromatic carbocycles. The molecule has 0 aliphatic carbocycles. The first kappa shape index (κ1) is 11.7. The number of carbonyl (C=O) groups excluding carboxylic acids is 1. The molecule has 2 atom stereocenters. The predicted molar refractivity (Wildman–Crippen MR) is 54.4 cm³/mol. The summed E-state index contributed by atoms with van der Waals surface area (Å²) >= 11 is 0. The summed E-state index contributed by atoms with van der Waals surface area (Å²) < 4.78 is 4.79. The quantitative estimate of drug-likeness (QED) is 0.771. The molecule has 0 fully saturated rings. The van der Waals surface area contributed by atoms with Crippen LogP contribution in [0.5, 0.6) is 0 Å². The molecule has 0 saturated heterocycles. The maximum atomic E-state index is 11.7. The molecular formula is C10H16N2O3. The van der Waals surface area contributed by atoms with Crippen molar-refractivity contribution in [2.75, 3.05) is 6.61 Å². The number of aryl methyl sites for hydroxylation is 1. The molecule has 1 amide bonds. The SMILES string of the molecule is Cc1oncc1C(=O)NC(C)C(C)CO. The van der Waals surface area contributed by atoms with E-state index in [9.17, 15) is 4.79 Å². The molecule has 0 bridgehead atoms. The fraction of sp³-hybridized carbons (Fsp3) is 0.600. The highest BCUT2D eigenvalue weighted by molar-refractivity contribution is 5.94. The van der Waals surface area contributed by atoms with Gasteiger partial charge in [-0.1, -0.05) is 12.1 Å². The molecule has 15 heavy (non-hydrogen) atoms. The Balaban J connectivity index is 2.60. The monoisotopic (exact) mass is 212 g/mol. The number of carbonyl (C=O) groups is 1. The molecule has 0 aliphatic rings. The molecule has 2 unspecified atom stereocenters. The number of aliphatic hydroxyl groups is 1. The van der Waals surface area contributed by atoms with Gasteiger partial charge in [-0.25, -0.2) is 0 Å². The number of nitrogens with zero attached hydrogens (tertiary/aromatic N) is 1. The van der Waals surface area contributed by atoms with Gasteiger partial charge in [-0.3, -0.25) is 4.79 Å². The molecular weight excluding hydrogens is 196 g/mol.